The van der Waals surface area contributed by atoms with E-state index in [0.717, 1.165) is 54.8 Å². The van der Waals surface area contributed by atoms with Crippen LogP contribution in [0.2, 0.25) is 0 Å². The second-order valence-corrected chi connectivity index (χ2v) is 13.8. The number of nitrogens with one attached hydrogen (secondary N) is 1. The van der Waals surface area contributed by atoms with Gasteiger partial charge in [-0.1, -0.05) is 30.3 Å². The lowest BCUT2D eigenvalue weighted by atomic mass is 9.60. The molecule has 0 aromatic heterocycles. The van der Waals surface area contributed by atoms with E-state index in [4.69, 9.17) is 5.73 Å². The molecule has 2 aromatic carbocycles. The summed E-state index contributed by atoms with van der Waals surface area (Å²) >= 11 is 0. The summed E-state index contributed by atoms with van der Waals surface area (Å²) in [4.78, 5) is 42.3. The zero-order chi connectivity index (χ0) is 29.2. The summed E-state index contributed by atoms with van der Waals surface area (Å²) < 4.78 is 0. The third-order valence-electron chi connectivity index (χ3n) is 11.3. The van der Waals surface area contributed by atoms with Gasteiger partial charge in [-0.15, -0.1) is 0 Å². The lowest BCUT2D eigenvalue weighted by Crippen LogP contribution is -2.79. The molecule has 0 radical (unpaired) electrons. The maximum atomic E-state index is 12.7. The predicted octanol–water partition coefficient (Wildman–Crippen LogP) is 3.16. The van der Waals surface area contributed by atoms with E-state index in [2.05, 4.69) is 33.1 Å². The van der Waals surface area contributed by atoms with Gasteiger partial charge in [0.2, 0.25) is 5.91 Å². The molecule has 8 nitrogen and oxygen atoms in total. The molecule has 222 valence electrons. The van der Waals surface area contributed by atoms with Crippen molar-refractivity contribution in [1.82, 2.24) is 15.1 Å². The van der Waals surface area contributed by atoms with Crippen LogP contribution in [-0.2, 0) is 4.79 Å². The lowest BCUT2D eigenvalue weighted by Gasteiger charge is -2.66. The van der Waals surface area contributed by atoms with Crippen LogP contribution in [0.3, 0.4) is 0 Å². The number of piperidine rings is 6. The number of nitrogens with two attached hydrogens (primary N) is 1. The number of hydrogen-bond acceptors (Lipinski definition) is 6. The number of Topliss-reactive ketones (excluding diaryl/α,β-unsaturated/α-hetero) is 1. The molecule has 8 fully saturated rings. The van der Waals surface area contributed by atoms with Crippen molar-refractivity contribution in [1.29, 1.82) is 0 Å². The number of ketones is 1. The number of primary amides is 1. The van der Waals surface area contributed by atoms with Gasteiger partial charge in [-0.25, -0.2) is 0 Å². The Balaban J connectivity index is 0.000000115. The van der Waals surface area contributed by atoms with Crippen molar-refractivity contribution in [2.45, 2.75) is 38.3 Å². The maximum absolute atomic E-state index is 12.7. The molecule has 3 N–H and O–H groups in total. The number of hydrogen-bond donors (Lipinski definition) is 2. The summed E-state index contributed by atoms with van der Waals surface area (Å²) in [6.45, 7) is 8.84. The molecule has 7 aliphatic heterocycles. The topological polar surface area (TPSA) is 99.0 Å². The van der Waals surface area contributed by atoms with Crippen molar-refractivity contribution in [2.24, 2.45) is 41.2 Å². The second kappa shape index (κ2) is 10.5. The maximum Gasteiger partial charge on any atom is 0.255 e. The van der Waals surface area contributed by atoms with Crippen molar-refractivity contribution < 1.29 is 14.4 Å². The van der Waals surface area contributed by atoms with E-state index in [-0.39, 0.29) is 17.5 Å². The predicted molar refractivity (Wildman–Crippen MR) is 162 cm³/mol. The first-order chi connectivity index (χ1) is 20.2. The van der Waals surface area contributed by atoms with E-state index >= 15 is 0 Å². The second-order valence-electron chi connectivity index (χ2n) is 13.8. The van der Waals surface area contributed by atoms with Gasteiger partial charge in [0, 0.05) is 75.6 Å². The smallest absolute Gasteiger partial charge is 0.255 e. The van der Waals surface area contributed by atoms with Crippen LogP contribution in [0.25, 0.3) is 0 Å². The van der Waals surface area contributed by atoms with Crippen molar-refractivity contribution in [2.75, 3.05) is 51.2 Å². The largest absolute Gasteiger partial charge is 0.366 e. The van der Waals surface area contributed by atoms with Crippen LogP contribution in [0.4, 0.5) is 5.69 Å². The normalized spacial score (nSPS) is 37.8. The first-order valence-electron chi connectivity index (χ1n) is 15.7. The van der Waals surface area contributed by atoms with Gasteiger partial charge in [-0.3, -0.25) is 14.4 Å². The molecule has 9 aliphatic rings. The molecular formula is C34H43N5O3. The minimum Gasteiger partial charge on any atom is -0.366 e. The van der Waals surface area contributed by atoms with Crippen molar-refractivity contribution >= 4 is 23.3 Å². The fourth-order valence-electron chi connectivity index (χ4n) is 9.63. The van der Waals surface area contributed by atoms with Crippen LogP contribution in [0.15, 0.2) is 48.5 Å². The third kappa shape index (κ3) is 4.54. The SMILES string of the molecule is CN1c2ccccc2C(=O)NC12C1CC3CC2CN(C3)C1.Cc1ccccc1C(N)=O.O=C1C2CC3CC1CN(C3)C2. The molecule has 6 saturated heterocycles. The van der Waals surface area contributed by atoms with Crippen LogP contribution < -0.4 is 16.0 Å². The lowest BCUT2D eigenvalue weighted by molar-refractivity contribution is -0.142. The van der Waals surface area contributed by atoms with Gasteiger partial charge in [0.15, 0.2) is 0 Å². The minimum atomic E-state index is -0.363. The summed E-state index contributed by atoms with van der Waals surface area (Å²) in [5.74, 6) is 4.03. The van der Waals surface area contributed by atoms with E-state index in [1.165, 1.54) is 38.8 Å². The molecule has 11 rings (SSSR count). The van der Waals surface area contributed by atoms with Gasteiger partial charge < -0.3 is 25.8 Å². The number of nitrogens with zero attached hydrogens (tertiary/aromatic N) is 3. The van der Waals surface area contributed by atoms with E-state index in [0.29, 0.717) is 35.0 Å². The molecule has 8 heteroatoms. The molecule has 8 bridgehead atoms. The molecule has 4 unspecified atom stereocenters. The first kappa shape index (κ1) is 27.6. The number of amides is 2. The molecule has 4 atom stereocenters. The average molecular weight is 570 g/mol. The third-order valence-corrected chi connectivity index (χ3v) is 11.3. The standard InChI is InChI=1S/C17H21N3O.C9H13NO.C8H9NO/c1-19-15-5-3-2-4-14(15)16(21)18-17(19)12-6-11-7-13(17)10-20(8-11)9-12;11-9-7-1-6-2-8(9)5-10(3-6)4-7;1-6-4-2-3-5-7(6)8(9)10/h2-5,11-13H,6-10H2,1H3,(H,18,21);6-8H,1-5H2;2-5H,1H3,(H2,9,10). The highest BCUT2D eigenvalue weighted by Crippen LogP contribution is 2.53. The highest BCUT2D eigenvalue weighted by Gasteiger charge is 2.61. The van der Waals surface area contributed by atoms with Crippen LogP contribution >= 0.6 is 0 Å². The molecular weight excluding hydrogens is 526 g/mol. The Kier molecular flexibility index (Phi) is 6.89. The number of benzene rings is 2. The first-order valence-corrected chi connectivity index (χ1v) is 15.7. The summed E-state index contributed by atoms with van der Waals surface area (Å²) in [7, 11) is 2.18. The number of aryl methyl sites for hydroxylation is 1. The Morgan fingerprint density at radius 2 is 1.38 bits per heavy atom. The van der Waals surface area contributed by atoms with Gasteiger partial charge in [0.25, 0.3) is 5.91 Å². The van der Waals surface area contributed by atoms with Crippen LogP contribution in [-0.4, -0.2) is 79.4 Å². The summed E-state index contributed by atoms with van der Waals surface area (Å²) in [6, 6.07) is 15.3. The van der Waals surface area contributed by atoms with Crippen molar-refractivity contribution in [3.8, 4) is 0 Å². The van der Waals surface area contributed by atoms with Gasteiger partial charge in [-0.05, 0) is 68.2 Å². The quantitative estimate of drug-likeness (QED) is 0.548. The highest BCUT2D eigenvalue weighted by atomic mass is 16.2. The van der Waals surface area contributed by atoms with Crippen LogP contribution in [0, 0.1) is 42.4 Å². The Bertz CT molecular complexity index is 1350. The van der Waals surface area contributed by atoms with Crippen molar-refractivity contribution in [3.63, 3.8) is 0 Å². The monoisotopic (exact) mass is 569 g/mol. The number of rotatable bonds is 1. The number of carbonyl (C=O) groups excluding carboxylic acids is 3. The summed E-state index contributed by atoms with van der Waals surface area (Å²) in [6.07, 6.45) is 4.93. The fraction of sp³-hybridized carbons (Fsp3) is 0.559. The molecule has 7 heterocycles. The van der Waals surface area contributed by atoms with Crippen LogP contribution in [0.1, 0.15) is 52.0 Å². The number of para-hydroxylation sites is 1. The Morgan fingerprint density at radius 3 is 1.95 bits per heavy atom. The Morgan fingerprint density at radius 1 is 0.810 bits per heavy atom. The van der Waals surface area contributed by atoms with Gasteiger partial charge in [0.05, 0.1) is 11.3 Å². The van der Waals surface area contributed by atoms with Gasteiger partial charge in [0.1, 0.15) is 11.4 Å². The van der Waals surface area contributed by atoms with Crippen molar-refractivity contribution in [3.05, 3.63) is 65.2 Å². The van der Waals surface area contributed by atoms with E-state index in [9.17, 15) is 14.4 Å². The molecule has 2 amide bonds. The van der Waals surface area contributed by atoms with Crippen LogP contribution in [0.5, 0.6) is 0 Å². The summed E-state index contributed by atoms with van der Waals surface area (Å²) in [5, 5.41) is 3.44. The van der Waals surface area contributed by atoms with E-state index in [1.54, 1.807) is 12.1 Å². The Labute approximate surface area is 248 Å². The molecule has 42 heavy (non-hydrogen) atoms. The molecule has 2 saturated carbocycles. The van der Waals surface area contributed by atoms with E-state index in [1.807, 2.05) is 37.3 Å². The highest BCUT2D eigenvalue weighted by molar-refractivity contribution is 6.02. The zero-order valence-corrected chi connectivity index (χ0v) is 24.8. The average Bonchev–Trinajstić information content (AvgIpc) is 2.97. The minimum absolute atomic E-state index is 0.117. The zero-order valence-electron chi connectivity index (χ0n) is 24.8. The number of fused-ring (bicyclic) bond motifs is 1. The number of anilines is 1. The van der Waals surface area contributed by atoms with E-state index < -0.39 is 0 Å². The van der Waals surface area contributed by atoms with Gasteiger partial charge in [-0.2, -0.15) is 0 Å². The fourth-order valence-corrected chi connectivity index (χ4v) is 9.63. The molecule has 1 spiro atoms. The van der Waals surface area contributed by atoms with Gasteiger partial charge >= 0.3 is 0 Å². The summed E-state index contributed by atoms with van der Waals surface area (Å²) in [5.41, 5.74) is 8.37. The molecule has 2 aromatic rings. The number of carbonyl (C=O) groups is 3. The Hall–Kier alpha value is -3.23. The molecule has 2 aliphatic carbocycles.